The van der Waals surface area contributed by atoms with Crippen LogP contribution in [0.2, 0.25) is 15.1 Å². The molecule has 0 aromatic heterocycles. The van der Waals surface area contributed by atoms with E-state index >= 15 is 0 Å². The third-order valence-electron chi connectivity index (χ3n) is 2.97. The van der Waals surface area contributed by atoms with Gasteiger partial charge in [-0.25, -0.2) is 13.2 Å². The summed E-state index contributed by atoms with van der Waals surface area (Å²) in [6.45, 7) is -0.278. The lowest BCUT2D eigenvalue weighted by atomic mass is 10.3. The zero-order chi connectivity index (χ0) is 18.6. The average molecular weight is 425 g/mol. The van der Waals surface area contributed by atoms with Crippen molar-refractivity contribution < 1.29 is 22.7 Å². The maximum atomic E-state index is 12.4. The number of hydrogen-bond donors (Lipinski definition) is 1. The summed E-state index contributed by atoms with van der Waals surface area (Å²) in [5.41, 5.74) is 0.0992. The molecule has 0 fully saturated rings. The number of hydrogen-bond acceptors (Lipinski definition) is 5. The van der Waals surface area contributed by atoms with Gasteiger partial charge in [0.05, 0.1) is 32.8 Å². The van der Waals surface area contributed by atoms with E-state index in [9.17, 15) is 13.2 Å². The van der Waals surface area contributed by atoms with Crippen molar-refractivity contribution in [3.63, 3.8) is 0 Å². The van der Waals surface area contributed by atoms with Crippen LogP contribution in [0, 0.1) is 0 Å². The van der Waals surface area contributed by atoms with E-state index in [2.05, 4.69) is 9.46 Å². The molecule has 1 N–H and O–H groups in total. The molecule has 0 saturated carbocycles. The Morgan fingerprint density at radius 1 is 1.04 bits per heavy atom. The van der Waals surface area contributed by atoms with Gasteiger partial charge in [-0.3, -0.25) is 4.72 Å². The molecule has 0 amide bonds. The van der Waals surface area contributed by atoms with Gasteiger partial charge in [0.15, 0.2) is 6.61 Å². The zero-order valence-electron chi connectivity index (χ0n) is 12.8. The Bertz CT molecular complexity index is 885. The number of halogens is 3. The first-order valence-corrected chi connectivity index (χ1v) is 9.31. The minimum atomic E-state index is -3.90. The molecule has 0 aliphatic carbocycles. The molecule has 0 bridgehead atoms. The fourth-order valence-electron chi connectivity index (χ4n) is 1.72. The second kappa shape index (κ2) is 8.14. The van der Waals surface area contributed by atoms with Gasteiger partial charge in [0.2, 0.25) is 0 Å². The molecule has 0 spiro atoms. The van der Waals surface area contributed by atoms with Gasteiger partial charge in [-0.15, -0.1) is 0 Å². The summed E-state index contributed by atoms with van der Waals surface area (Å²) < 4.78 is 36.8. The highest BCUT2D eigenvalue weighted by atomic mass is 35.5. The van der Waals surface area contributed by atoms with Crippen LogP contribution in [-0.2, 0) is 19.6 Å². The van der Waals surface area contributed by atoms with Crippen molar-refractivity contribution in [1.29, 1.82) is 0 Å². The molecule has 0 heterocycles. The van der Waals surface area contributed by atoms with E-state index in [4.69, 9.17) is 39.5 Å². The molecule has 2 aromatic rings. The van der Waals surface area contributed by atoms with E-state index in [1.807, 2.05) is 0 Å². The van der Waals surface area contributed by atoms with Crippen LogP contribution in [-0.4, -0.2) is 28.1 Å². The van der Waals surface area contributed by atoms with Gasteiger partial charge in [0.25, 0.3) is 10.0 Å². The number of sulfonamides is 1. The van der Waals surface area contributed by atoms with Crippen LogP contribution in [0.3, 0.4) is 0 Å². The third-order valence-corrected chi connectivity index (χ3v) is 5.39. The van der Waals surface area contributed by atoms with Gasteiger partial charge >= 0.3 is 5.97 Å². The van der Waals surface area contributed by atoms with E-state index < -0.39 is 16.0 Å². The quantitative estimate of drug-likeness (QED) is 0.560. The van der Waals surface area contributed by atoms with Gasteiger partial charge in [0, 0.05) is 0 Å². The molecule has 6 nitrogen and oxygen atoms in total. The standard InChI is InChI=1S/C15H12Cl3NO5S/c1-23-15(20)8-24-9-2-4-10(5-3-9)25(21,22)19-14-7-12(17)11(16)6-13(14)18/h2-7,19H,8H2,1H3. The molecule has 2 aromatic carbocycles. The Labute approximate surface area is 159 Å². The van der Waals surface area contributed by atoms with Crippen LogP contribution in [0.1, 0.15) is 0 Å². The number of benzene rings is 2. The van der Waals surface area contributed by atoms with Crippen LogP contribution < -0.4 is 9.46 Å². The lowest BCUT2D eigenvalue weighted by Gasteiger charge is -2.11. The predicted molar refractivity (Wildman–Crippen MR) is 96.2 cm³/mol. The fraction of sp³-hybridized carbons (Fsp3) is 0.133. The van der Waals surface area contributed by atoms with Crippen molar-refractivity contribution in [3.05, 3.63) is 51.5 Å². The molecule has 0 aliphatic rings. The molecule has 10 heteroatoms. The first kappa shape index (κ1) is 19.7. The second-order valence-corrected chi connectivity index (χ2v) is 7.59. The average Bonchev–Trinajstić information content (AvgIpc) is 2.57. The molecule has 25 heavy (non-hydrogen) atoms. The van der Waals surface area contributed by atoms with Crippen molar-refractivity contribution in [2.45, 2.75) is 4.90 Å². The molecular formula is C15H12Cl3NO5S. The van der Waals surface area contributed by atoms with E-state index in [0.29, 0.717) is 5.75 Å². The smallest absolute Gasteiger partial charge is 0.343 e. The number of nitrogens with one attached hydrogen (secondary N) is 1. The lowest BCUT2D eigenvalue weighted by Crippen LogP contribution is -2.14. The molecule has 2 rings (SSSR count). The largest absolute Gasteiger partial charge is 0.482 e. The number of esters is 1. The molecule has 0 unspecified atom stereocenters. The Morgan fingerprint density at radius 2 is 1.64 bits per heavy atom. The highest BCUT2D eigenvalue weighted by Crippen LogP contribution is 2.33. The summed E-state index contributed by atoms with van der Waals surface area (Å²) >= 11 is 17.7. The summed E-state index contributed by atoms with van der Waals surface area (Å²) in [6, 6.07) is 8.12. The highest BCUT2D eigenvalue weighted by molar-refractivity contribution is 7.92. The SMILES string of the molecule is COC(=O)COc1ccc(S(=O)(=O)Nc2cc(Cl)c(Cl)cc2Cl)cc1. The molecule has 0 saturated heterocycles. The number of carbonyl (C=O) groups excluding carboxylic acids is 1. The number of rotatable bonds is 6. The van der Waals surface area contributed by atoms with Crippen LogP contribution in [0.15, 0.2) is 41.3 Å². The summed E-state index contributed by atoms with van der Waals surface area (Å²) in [4.78, 5) is 11.0. The van der Waals surface area contributed by atoms with Crippen molar-refractivity contribution in [3.8, 4) is 5.75 Å². The van der Waals surface area contributed by atoms with Gasteiger partial charge < -0.3 is 9.47 Å². The van der Waals surface area contributed by atoms with Crippen LogP contribution >= 0.6 is 34.8 Å². The molecule has 0 atom stereocenters. The van der Waals surface area contributed by atoms with Crippen molar-refractivity contribution in [2.24, 2.45) is 0 Å². The normalized spacial score (nSPS) is 11.0. The van der Waals surface area contributed by atoms with Crippen molar-refractivity contribution in [2.75, 3.05) is 18.4 Å². The summed E-state index contributed by atoms with van der Waals surface area (Å²) in [7, 11) is -2.66. The predicted octanol–water partition coefficient (Wildman–Crippen LogP) is 4.00. The van der Waals surface area contributed by atoms with Gasteiger partial charge in [-0.05, 0) is 36.4 Å². The maximum Gasteiger partial charge on any atom is 0.343 e. The Kier molecular flexibility index (Phi) is 6.40. The molecule has 0 aliphatic heterocycles. The maximum absolute atomic E-state index is 12.4. The number of carbonyl (C=O) groups is 1. The number of methoxy groups -OCH3 is 1. The number of anilines is 1. The summed E-state index contributed by atoms with van der Waals surface area (Å²) in [5, 5.41) is 0.480. The summed E-state index contributed by atoms with van der Waals surface area (Å²) in [6.07, 6.45) is 0. The highest BCUT2D eigenvalue weighted by Gasteiger charge is 2.17. The number of ether oxygens (including phenoxy) is 2. The molecular weight excluding hydrogens is 413 g/mol. The van der Waals surface area contributed by atoms with Crippen molar-refractivity contribution in [1.82, 2.24) is 0 Å². The van der Waals surface area contributed by atoms with Crippen molar-refractivity contribution >= 4 is 56.5 Å². The van der Waals surface area contributed by atoms with Crippen LogP contribution in [0.25, 0.3) is 0 Å². The van der Waals surface area contributed by atoms with Gasteiger partial charge in [-0.1, -0.05) is 34.8 Å². The molecule has 134 valence electrons. The van der Waals surface area contributed by atoms with Crippen LogP contribution in [0.4, 0.5) is 5.69 Å². The van der Waals surface area contributed by atoms with E-state index in [0.717, 1.165) is 0 Å². The van der Waals surface area contributed by atoms with E-state index in [1.165, 1.54) is 43.5 Å². The second-order valence-electron chi connectivity index (χ2n) is 4.69. The minimum absolute atomic E-state index is 0.0277. The summed E-state index contributed by atoms with van der Waals surface area (Å²) in [5.74, 6) is -0.232. The van der Waals surface area contributed by atoms with Crippen LogP contribution in [0.5, 0.6) is 5.75 Å². The minimum Gasteiger partial charge on any atom is -0.482 e. The third kappa shape index (κ3) is 5.15. The first-order valence-electron chi connectivity index (χ1n) is 6.70. The first-order chi connectivity index (χ1) is 11.7. The molecule has 0 radical (unpaired) electrons. The topological polar surface area (TPSA) is 81.7 Å². The Hall–Kier alpha value is -1.67. The van der Waals surface area contributed by atoms with E-state index in [1.54, 1.807) is 0 Å². The lowest BCUT2D eigenvalue weighted by molar-refractivity contribution is -0.142. The Balaban J connectivity index is 2.17. The fourth-order valence-corrected chi connectivity index (χ4v) is 3.44. The monoisotopic (exact) mass is 423 g/mol. The van der Waals surface area contributed by atoms with E-state index in [-0.39, 0.29) is 32.3 Å². The van der Waals surface area contributed by atoms with Gasteiger partial charge in [-0.2, -0.15) is 0 Å². The Morgan fingerprint density at radius 3 is 2.24 bits per heavy atom. The van der Waals surface area contributed by atoms with Gasteiger partial charge in [0.1, 0.15) is 5.75 Å². The zero-order valence-corrected chi connectivity index (χ0v) is 15.8.